The minimum atomic E-state index is -0.318. The highest BCUT2D eigenvalue weighted by Crippen LogP contribution is 2.19. The smallest absolute Gasteiger partial charge is 0.270 e. The average Bonchev–Trinajstić information content (AvgIpc) is 3.07. The van der Waals surface area contributed by atoms with E-state index in [1.807, 2.05) is 24.3 Å². The van der Waals surface area contributed by atoms with E-state index in [9.17, 15) is 9.18 Å². The zero-order valence-electron chi connectivity index (χ0n) is 15.0. The first-order valence-corrected chi connectivity index (χ1v) is 8.28. The van der Waals surface area contributed by atoms with Gasteiger partial charge in [0.1, 0.15) is 17.3 Å². The van der Waals surface area contributed by atoms with Crippen molar-refractivity contribution < 1.29 is 13.9 Å². The second-order valence-electron chi connectivity index (χ2n) is 5.73. The monoisotopic (exact) mass is 363 g/mol. The van der Waals surface area contributed by atoms with Crippen LogP contribution in [0.15, 0.2) is 54.6 Å². The van der Waals surface area contributed by atoms with Gasteiger partial charge in [-0.1, -0.05) is 24.0 Å². The van der Waals surface area contributed by atoms with Crippen LogP contribution in [0.3, 0.4) is 0 Å². The predicted octanol–water partition coefficient (Wildman–Crippen LogP) is 3.02. The van der Waals surface area contributed by atoms with Crippen LogP contribution in [0.25, 0.3) is 11.3 Å². The molecule has 1 aromatic heterocycles. The number of aryl methyl sites for hydroxylation is 1. The summed E-state index contributed by atoms with van der Waals surface area (Å²) in [5.74, 6) is 5.97. The van der Waals surface area contributed by atoms with Crippen molar-refractivity contribution in [2.45, 2.75) is 0 Å². The van der Waals surface area contributed by atoms with Crippen molar-refractivity contribution in [3.63, 3.8) is 0 Å². The molecule has 0 aliphatic carbocycles. The molecule has 0 fully saturated rings. The maximum Gasteiger partial charge on any atom is 0.270 e. The Morgan fingerprint density at radius 2 is 1.96 bits per heavy atom. The highest BCUT2D eigenvalue weighted by Gasteiger charge is 2.13. The topological polar surface area (TPSA) is 56.1 Å². The molecule has 1 heterocycles. The van der Waals surface area contributed by atoms with Crippen LogP contribution in [0.1, 0.15) is 16.1 Å². The van der Waals surface area contributed by atoms with Gasteiger partial charge in [0.2, 0.25) is 0 Å². The third kappa shape index (κ3) is 4.33. The lowest BCUT2D eigenvalue weighted by Crippen LogP contribution is -2.25. The number of rotatable bonds is 4. The van der Waals surface area contributed by atoms with Crippen LogP contribution in [0.2, 0.25) is 0 Å². The third-order valence-corrected chi connectivity index (χ3v) is 3.92. The Hall–Kier alpha value is -3.59. The summed E-state index contributed by atoms with van der Waals surface area (Å²) < 4.78 is 19.8. The summed E-state index contributed by atoms with van der Waals surface area (Å²) in [6.45, 7) is 0.188. The van der Waals surface area contributed by atoms with Gasteiger partial charge >= 0.3 is 0 Å². The number of nitrogens with one attached hydrogen (secondary N) is 1. The van der Waals surface area contributed by atoms with Gasteiger partial charge in [-0.3, -0.25) is 9.48 Å². The van der Waals surface area contributed by atoms with E-state index < -0.39 is 0 Å². The number of carbonyl (C=O) groups excluding carboxylic acids is 1. The van der Waals surface area contributed by atoms with Gasteiger partial charge in [-0.2, -0.15) is 5.10 Å². The average molecular weight is 363 g/mol. The van der Waals surface area contributed by atoms with E-state index in [0.29, 0.717) is 17.1 Å². The molecule has 3 rings (SSSR count). The minimum Gasteiger partial charge on any atom is -0.495 e. The molecular formula is C21H18FN3O2. The molecule has 0 aliphatic rings. The fourth-order valence-corrected chi connectivity index (χ4v) is 2.54. The largest absolute Gasteiger partial charge is 0.495 e. The van der Waals surface area contributed by atoms with Crippen LogP contribution in [-0.4, -0.2) is 29.3 Å². The number of nitrogens with zero attached hydrogens (tertiary/aromatic N) is 2. The number of methoxy groups -OCH3 is 1. The molecule has 1 amide bonds. The highest BCUT2D eigenvalue weighted by atomic mass is 19.1. The number of halogens is 1. The Bertz CT molecular complexity index is 1010. The molecule has 0 spiro atoms. The van der Waals surface area contributed by atoms with Gasteiger partial charge in [0.15, 0.2) is 0 Å². The number of hydrogen-bond donors (Lipinski definition) is 1. The molecule has 2 aromatic carbocycles. The Morgan fingerprint density at radius 3 is 2.70 bits per heavy atom. The molecule has 0 unspecified atom stereocenters. The van der Waals surface area contributed by atoms with E-state index >= 15 is 0 Å². The normalized spacial score (nSPS) is 10.0. The van der Waals surface area contributed by atoms with Crippen molar-refractivity contribution in [1.29, 1.82) is 0 Å². The molecule has 0 aliphatic heterocycles. The Kier molecular flexibility index (Phi) is 5.53. The van der Waals surface area contributed by atoms with E-state index in [1.165, 1.54) is 16.8 Å². The van der Waals surface area contributed by atoms with Crippen LogP contribution in [-0.2, 0) is 7.05 Å². The molecular weight excluding hydrogens is 345 g/mol. The first-order valence-electron chi connectivity index (χ1n) is 8.28. The Balaban J connectivity index is 1.67. The van der Waals surface area contributed by atoms with Crippen molar-refractivity contribution in [3.8, 4) is 28.8 Å². The molecule has 1 N–H and O–H groups in total. The summed E-state index contributed by atoms with van der Waals surface area (Å²) in [4.78, 5) is 12.4. The van der Waals surface area contributed by atoms with Crippen LogP contribution in [0.5, 0.6) is 5.75 Å². The Labute approximate surface area is 156 Å². The number of aromatic nitrogens is 2. The maximum atomic E-state index is 13.0. The molecule has 0 atom stereocenters. The molecule has 0 saturated heterocycles. The fourth-order valence-electron chi connectivity index (χ4n) is 2.54. The van der Waals surface area contributed by atoms with Crippen molar-refractivity contribution in [2.24, 2.45) is 7.05 Å². The third-order valence-electron chi connectivity index (χ3n) is 3.92. The molecule has 0 bridgehead atoms. The molecule has 136 valence electrons. The first kappa shape index (κ1) is 18.2. The van der Waals surface area contributed by atoms with Gasteiger partial charge in [-0.25, -0.2) is 4.39 Å². The number of benzene rings is 2. The Morgan fingerprint density at radius 1 is 1.22 bits per heavy atom. The molecule has 0 radical (unpaired) electrons. The van der Waals surface area contributed by atoms with Gasteiger partial charge in [0, 0.05) is 12.6 Å². The van der Waals surface area contributed by atoms with Crippen molar-refractivity contribution in [1.82, 2.24) is 15.1 Å². The van der Waals surface area contributed by atoms with Crippen LogP contribution in [0.4, 0.5) is 4.39 Å². The number of para-hydroxylation sites is 1. The van der Waals surface area contributed by atoms with E-state index in [1.54, 1.807) is 32.4 Å². The number of ether oxygens (including phenoxy) is 1. The zero-order valence-corrected chi connectivity index (χ0v) is 15.0. The lowest BCUT2D eigenvalue weighted by atomic mass is 10.1. The van der Waals surface area contributed by atoms with E-state index in [2.05, 4.69) is 22.3 Å². The maximum absolute atomic E-state index is 13.0. The van der Waals surface area contributed by atoms with E-state index in [0.717, 1.165) is 11.1 Å². The van der Waals surface area contributed by atoms with Crippen molar-refractivity contribution >= 4 is 5.91 Å². The van der Waals surface area contributed by atoms with Gasteiger partial charge in [-0.05, 0) is 42.5 Å². The lowest BCUT2D eigenvalue weighted by molar-refractivity contribution is 0.0949. The fraction of sp³-hybridized carbons (Fsp3) is 0.143. The second-order valence-corrected chi connectivity index (χ2v) is 5.73. The van der Waals surface area contributed by atoms with Crippen LogP contribution in [0, 0.1) is 17.7 Å². The van der Waals surface area contributed by atoms with Gasteiger partial charge in [0.05, 0.1) is 24.9 Å². The minimum absolute atomic E-state index is 0.188. The standard InChI is InChI=1S/C21H18FN3O2/c1-25-19(14-18(24-25)15-9-11-17(22)12-10-15)21(26)23-13-5-7-16-6-3-4-8-20(16)27-2/h3-4,6,8-12,14H,13H2,1-2H3,(H,23,26). The zero-order chi connectivity index (χ0) is 19.2. The predicted molar refractivity (Wildman–Crippen MR) is 101 cm³/mol. The van der Waals surface area contributed by atoms with Crippen molar-refractivity contribution in [3.05, 3.63) is 71.7 Å². The number of amides is 1. The van der Waals surface area contributed by atoms with E-state index in [4.69, 9.17) is 4.74 Å². The van der Waals surface area contributed by atoms with E-state index in [-0.39, 0.29) is 18.3 Å². The highest BCUT2D eigenvalue weighted by molar-refractivity contribution is 5.93. The molecule has 27 heavy (non-hydrogen) atoms. The quantitative estimate of drug-likeness (QED) is 0.725. The van der Waals surface area contributed by atoms with Gasteiger partial charge < -0.3 is 10.1 Å². The van der Waals surface area contributed by atoms with Crippen LogP contribution < -0.4 is 10.1 Å². The summed E-state index contributed by atoms with van der Waals surface area (Å²) >= 11 is 0. The summed E-state index contributed by atoms with van der Waals surface area (Å²) in [7, 11) is 3.27. The molecule has 5 nitrogen and oxygen atoms in total. The van der Waals surface area contributed by atoms with Crippen molar-refractivity contribution in [2.75, 3.05) is 13.7 Å². The molecule has 6 heteroatoms. The summed E-state index contributed by atoms with van der Waals surface area (Å²) in [6, 6.07) is 15.0. The number of carbonyl (C=O) groups is 1. The molecule has 0 saturated carbocycles. The van der Waals surface area contributed by atoms with Crippen LogP contribution >= 0.6 is 0 Å². The van der Waals surface area contributed by atoms with Gasteiger partial charge in [-0.15, -0.1) is 0 Å². The first-order chi connectivity index (χ1) is 13.1. The number of hydrogen-bond acceptors (Lipinski definition) is 3. The lowest BCUT2D eigenvalue weighted by Gasteiger charge is -2.02. The summed E-state index contributed by atoms with van der Waals surface area (Å²) in [6.07, 6.45) is 0. The second kappa shape index (κ2) is 8.19. The SMILES string of the molecule is COc1ccccc1C#CCNC(=O)c1cc(-c2ccc(F)cc2)nn1C. The molecule has 3 aromatic rings. The summed E-state index contributed by atoms with van der Waals surface area (Å²) in [5.41, 5.74) is 2.49. The summed E-state index contributed by atoms with van der Waals surface area (Å²) in [5, 5.41) is 7.06. The van der Waals surface area contributed by atoms with Gasteiger partial charge in [0.25, 0.3) is 5.91 Å².